The van der Waals surface area contributed by atoms with E-state index < -0.39 is 10.8 Å². The minimum Gasteiger partial charge on any atom is -0.351 e. The van der Waals surface area contributed by atoms with Gasteiger partial charge >= 0.3 is 0 Å². The van der Waals surface area contributed by atoms with Crippen LogP contribution in [0.3, 0.4) is 0 Å². The van der Waals surface area contributed by atoms with Crippen molar-refractivity contribution in [3.63, 3.8) is 0 Å². The lowest BCUT2D eigenvalue weighted by atomic mass is 10.1. The Balaban J connectivity index is 1.52. The van der Waals surface area contributed by atoms with Crippen molar-refractivity contribution in [2.75, 3.05) is 13.1 Å². The predicted octanol–water partition coefficient (Wildman–Crippen LogP) is 2.30. The first kappa shape index (κ1) is 18.6. The molecule has 1 atom stereocenters. The fourth-order valence-corrected chi connectivity index (χ4v) is 3.24. The molecule has 1 aliphatic rings. The number of para-hydroxylation sites is 1. The molecule has 2 aromatic carbocycles. The maximum absolute atomic E-state index is 12.4. The lowest BCUT2D eigenvalue weighted by Crippen LogP contribution is -2.33. The van der Waals surface area contributed by atoms with E-state index in [0.29, 0.717) is 18.7 Å². The molecule has 7 nitrogen and oxygen atoms in total. The molecular formula is C20H21N3O4. The van der Waals surface area contributed by atoms with Crippen molar-refractivity contribution in [3.05, 3.63) is 75.8 Å². The van der Waals surface area contributed by atoms with Crippen LogP contribution in [0.2, 0.25) is 0 Å². The van der Waals surface area contributed by atoms with Gasteiger partial charge in [-0.2, -0.15) is 0 Å². The van der Waals surface area contributed by atoms with Gasteiger partial charge in [0, 0.05) is 37.7 Å². The second-order valence-corrected chi connectivity index (χ2v) is 6.58. The molecule has 0 aliphatic carbocycles. The average molecular weight is 367 g/mol. The molecule has 1 unspecified atom stereocenters. The summed E-state index contributed by atoms with van der Waals surface area (Å²) in [5, 5.41) is 13.8. The van der Waals surface area contributed by atoms with Crippen molar-refractivity contribution in [2.24, 2.45) is 5.92 Å². The number of amides is 2. The lowest BCUT2D eigenvalue weighted by Gasteiger charge is -2.16. The summed E-state index contributed by atoms with van der Waals surface area (Å²) >= 11 is 0. The van der Waals surface area contributed by atoms with Gasteiger partial charge in [0.05, 0.1) is 10.8 Å². The van der Waals surface area contributed by atoms with Gasteiger partial charge < -0.3 is 10.2 Å². The third kappa shape index (κ3) is 4.69. The van der Waals surface area contributed by atoms with Crippen LogP contribution in [0.4, 0.5) is 5.69 Å². The molecule has 2 aromatic rings. The van der Waals surface area contributed by atoms with E-state index in [1.54, 1.807) is 23.1 Å². The monoisotopic (exact) mass is 367 g/mol. The van der Waals surface area contributed by atoms with Gasteiger partial charge in [-0.25, -0.2) is 0 Å². The summed E-state index contributed by atoms with van der Waals surface area (Å²) in [6, 6.07) is 16.2. The number of nitro groups is 1. The summed E-state index contributed by atoms with van der Waals surface area (Å²) in [5.74, 6) is -0.698. The van der Waals surface area contributed by atoms with E-state index in [1.807, 2.05) is 30.3 Å². The van der Waals surface area contributed by atoms with Crippen LogP contribution in [0.25, 0.3) is 0 Å². The van der Waals surface area contributed by atoms with Crippen molar-refractivity contribution in [1.82, 2.24) is 10.2 Å². The number of likely N-dealkylation sites (tertiary alicyclic amines) is 1. The van der Waals surface area contributed by atoms with Gasteiger partial charge in [-0.3, -0.25) is 19.7 Å². The molecular weight excluding hydrogens is 346 g/mol. The van der Waals surface area contributed by atoms with Gasteiger partial charge in [0.15, 0.2) is 0 Å². The van der Waals surface area contributed by atoms with E-state index in [4.69, 9.17) is 0 Å². The number of benzene rings is 2. The average Bonchev–Trinajstić information content (AvgIpc) is 3.06. The standard InChI is InChI=1S/C20H21N3O4/c24-19-12-17(14-22(19)11-10-15-6-2-1-3-7-15)20(25)21-13-16-8-4-5-9-18(16)23(26)27/h1-9,17H,10-14H2,(H,21,25). The quantitative estimate of drug-likeness (QED) is 0.600. The number of hydrogen-bond donors (Lipinski definition) is 1. The highest BCUT2D eigenvalue weighted by atomic mass is 16.6. The maximum atomic E-state index is 12.4. The first-order valence-corrected chi connectivity index (χ1v) is 8.86. The highest BCUT2D eigenvalue weighted by Crippen LogP contribution is 2.20. The zero-order valence-corrected chi connectivity index (χ0v) is 14.8. The Morgan fingerprint density at radius 3 is 2.59 bits per heavy atom. The summed E-state index contributed by atoms with van der Waals surface area (Å²) in [6.45, 7) is 1.04. The van der Waals surface area contributed by atoms with Gasteiger partial charge in [-0.1, -0.05) is 48.5 Å². The molecule has 1 saturated heterocycles. The van der Waals surface area contributed by atoms with Crippen molar-refractivity contribution in [1.29, 1.82) is 0 Å². The molecule has 2 amide bonds. The van der Waals surface area contributed by atoms with Crippen LogP contribution in [0.15, 0.2) is 54.6 Å². The first-order chi connectivity index (χ1) is 13.0. The first-order valence-electron chi connectivity index (χ1n) is 8.86. The van der Waals surface area contributed by atoms with Crippen molar-refractivity contribution < 1.29 is 14.5 Å². The highest BCUT2D eigenvalue weighted by molar-refractivity contribution is 5.89. The molecule has 7 heteroatoms. The van der Waals surface area contributed by atoms with E-state index in [-0.39, 0.29) is 30.5 Å². The molecule has 0 spiro atoms. The fraction of sp³-hybridized carbons (Fsp3) is 0.300. The van der Waals surface area contributed by atoms with E-state index >= 15 is 0 Å². The van der Waals surface area contributed by atoms with Gasteiger partial charge in [0.2, 0.25) is 11.8 Å². The molecule has 1 fully saturated rings. The van der Waals surface area contributed by atoms with Crippen molar-refractivity contribution in [2.45, 2.75) is 19.4 Å². The molecule has 1 N–H and O–H groups in total. The minimum absolute atomic E-state index is 0.0233. The third-order valence-electron chi connectivity index (χ3n) is 4.74. The summed E-state index contributed by atoms with van der Waals surface area (Å²) in [5.41, 5.74) is 1.57. The van der Waals surface area contributed by atoms with Gasteiger partial charge in [-0.05, 0) is 12.0 Å². The normalized spacial score (nSPS) is 16.4. The Labute approximate surface area is 157 Å². The second kappa shape index (κ2) is 8.44. The summed E-state index contributed by atoms with van der Waals surface area (Å²) in [7, 11) is 0. The minimum atomic E-state index is -0.466. The Morgan fingerprint density at radius 2 is 1.85 bits per heavy atom. The van der Waals surface area contributed by atoms with Crippen molar-refractivity contribution >= 4 is 17.5 Å². The molecule has 0 aromatic heterocycles. The van der Waals surface area contributed by atoms with Gasteiger partial charge in [-0.15, -0.1) is 0 Å². The smallest absolute Gasteiger partial charge is 0.274 e. The number of rotatable bonds is 7. The number of carbonyl (C=O) groups excluding carboxylic acids is 2. The van der Waals surface area contributed by atoms with Crippen LogP contribution in [0, 0.1) is 16.0 Å². The third-order valence-corrected chi connectivity index (χ3v) is 4.74. The molecule has 1 aliphatic heterocycles. The van der Waals surface area contributed by atoms with E-state index in [1.165, 1.54) is 6.07 Å². The zero-order valence-electron chi connectivity index (χ0n) is 14.8. The molecule has 140 valence electrons. The summed E-state index contributed by atoms with van der Waals surface area (Å²) in [6.07, 6.45) is 0.925. The Morgan fingerprint density at radius 1 is 1.15 bits per heavy atom. The summed E-state index contributed by atoms with van der Waals surface area (Å²) in [4.78, 5) is 36.9. The highest BCUT2D eigenvalue weighted by Gasteiger charge is 2.34. The molecule has 0 saturated carbocycles. The van der Waals surface area contributed by atoms with Crippen LogP contribution >= 0.6 is 0 Å². The van der Waals surface area contributed by atoms with E-state index in [2.05, 4.69) is 5.32 Å². The second-order valence-electron chi connectivity index (χ2n) is 6.58. The van der Waals surface area contributed by atoms with Crippen LogP contribution in [0.5, 0.6) is 0 Å². The largest absolute Gasteiger partial charge is 0.351 e. The SMILES string of the molecule is O=C(NCc1ccccc1[N+](=O)[O-])C1CC(=O)N(CCc2ccccc2)C1. The lowest BCUT2D eigenvalue weighted by molar-refractivity contribution is -0.385. The van der Waals surface area contributed by atoms with Crippen LogP contribution in [-0.2, 0) is 22.6 Å². The van der Waals surface area contributed by atoms with Gasteiger partial charge in [0.1, 0.15) is 0 Å². The van der Waals surface area contributed by atoms with E-state index in [9.17, 15) is 19.7 Å². The van der Waals surface area contributed by atoms with Crippen LogP contribution in [0.1, 0.15) is 17.5 Å². The Bertz CT molecular complexity index is 838. The van der Waals surface area contributed by atoms with Crippen LogP contribution in [-0.4, -0.2) is 34.7 Å². The predicted molar refractivity (Wildman–Crippen MR) is 99.8 cm³/mol. The topological polar surface area (TPSA) is 92.5 Å². The van der Waals surface area contributed by atoms with Gasteiger partial charge in [0.25, 0.3) is 5.69 Å². The summed E-state index contributed by atoms with van der Waals surface area (Å²) < 4.78 is 0. The number of hydrogen-bond acceptors (Lipinski definition) is 4. The molecule has 1 heterocycles. The van der Waals surface area contributed by atoms with E-state index in [0.717, 1.165) is 12.0 Å². The van der Waals surface area contributed by atoms with Crippen LogP contribution < -0.4 is 5.32 Å². The van der Waals surface area contributed by atoms with Crippen molar-refractivity contribution in [3.8, 4) is 0 Å². The molecule has 0 bridgehead atoms. The zero-order chi connectivity index (χ0) is 19.2. The number of carbonyl (C=O) groups is 2. The molecule has 3 rings (SSSR count). The number of nitrogens with zero attached hydrogens (tertiary/aromatic N) is 2. The number of nitrogens with one attached hydrogen (secondary N) is 1. The molecule has 27 heavy (non-hydrogen) atoms. The molecule has 0 radical (unpaired) electrons. The maximum Gasteiger partial charge on any atom is 0.274 e. The fourth-order valence-electron chi connectivity index (χ4n) is 3.24. The Hall–Kier alpha value is -3.22. The number of nitro benzene ring substituents is 1. The Kier molecular flexibility index (Phi) is 5.80.